The van der Waals surface area contributed by atoms with E-state index in [1.165, 1.54) is 12.1 Å². The number of rotatable bonds is 5. The average molecular weight is 260 g/mol. The van der Waals surface area contributed by atoms with Gasteiger partial charge in [-0.3, -0.25) is 0 Å². The Morgan fingerprint density at radius 1 is 1.36 bits per heavy atom. The zero-order chi connectivity index (χ0) is 10.4. The molecule has 1 aromatic rings. The molecular weight excluding hydrogens is 245 g/mol. The van der Waals surface area contributed by atoms with Crippen LogP contribution in [0.25, 0.3) is 0 Å². The van der Waals surface area contributed by atoms with Crippen LogP contribution in [0.5, 0.6) is 0 Å². The lowest BCUT2D eigenvalue weighted by Gasteiger charge is -2.05. The molecule has 0 heterocycles. The highest BCUT2D eigenvalue weighted by Crippen LogP contribution is 2.18. The predicted octanol–water partition coefficient (Wildman–Crippen LogP) is 3.13. The van der Waals surface area contributed by atoms with Crippen LogP contribution in [-0.2, 0) is 6.42 Å². The molecule has 78 valence electrons. The number of hydrogen-bond donors (Lipinski definition) is 1. The fraction of sp³-hybridized carbons (Fsp3) is 0.455. The van der Waals surface area contributed by atoms with Gasteiger partial charge in [-0.1, -0.05) is 28.9 Å². The van der Waals surface area contributed by atoms with E-state index >= 15 is 0 Å². The normalized spacial score (nSPS) is 10.5. The van der Waals surface area contributed by atoms with E-state index in [4.69, 9.17) is 0 Å². The number of halogens is 2. The lowest BCUT2D eigenvalue weighted by Crippen LogP contribution is -2.17. The topological polar surface area (TPSA) is 12.0 Å². The molecule has 0 bridgehead atoms. The van der Waals surface area contributed by atoms with Crippen LogP contribution >= 0.6 is 15.9 Å². The summed E-state index contributed by atoms with van der Waals surface area (Å²) in [5, 5.41) is 3.31. The Kier molecular flexibility index (Phi) is 5.12. The average Bonchev–Trinajstić information content (AvgIpc) is 2.15. The molecule has 0 unspecified atom stereocenters. The molecule has 0 spiro atoms. The van der Waals surface area contributed by atoms with Crippen molar-refractivity contribution in [3.05, 3.63) is 34.1 Å². The third-order valence-electron chi connectivity index (χ3n) is 2.01. The lowest BCUT2D eigenvalue weighted by atomic mass is 10.1. The molecule has 1 N–H and O–H groups in total. The van der Waals surface area contributed by atoms with Gasteiger partial charge in [0, 0.05) is 4.47 Å². The van der Waals surface area contributed by atoms with E-state index in [0.29, 0.717) is 0 Å². The maximum absolute atomic E-state index is 12.7. The van der Waals surface area contributed by atoms with E-state index in [-0.39, 0.29) is 5.82 Å². The van der Waals surface area contributed by atoms with Crippen LogP contribution in [0.1, 0.15) is 18.9 Å². The van der Waals surface area contributed by atoms with Crippen LogP contribution in [0, 0.1) is 5.82 Å². The van der Waals surface area contributed by atoms with Crippen LogP contribution in [0.4, 0.5) is 4.39 Å². The highest BCUT2D eigenvalue weighted by atomic mass is 79.9. The third-order valence-corrected chi connectivity index (χ3v) is 2.75. The fourth-order valence-electron chi connectivity index (χ4n) is 1.25. The Labute approximate surface area is 92.8 Å². The second-order valence-corrected chi connectivity index (χ2v) is 4.09. The molecule has 0 saturated heterocycles. The first-order chi connectivity index (χ1) is 6.74. The van der Waals surface area contributed by atoms with Gasteiger partial charge in [0.1, 0.15) is 5.82 Å². The molecule has 0 aliphatic carbocycles. The summed E-state index contributed by atoms with van der Waals surface area (Å²) in [7, 11) is 0. The van der Waals surface area contributed by atoms with E-state index in [9.17, 15) is 4.39 Å². The minimum Gasteiger partial charge on any atom is -0.316 e. The van der Waals surface area contributed by atoms with Crippen LogP contribution in [0.15, 0.2) is 22.7 Å². The summed E-state index contributed by atoms with van der Waals surface area (Å²) in [5.74, 6) is -0.192. The minimum atomic E-state index is -0.192. The molecule has 0 saturated carbocycles. The SMILES string of the molecule is CCCNCCc1ccc(F)cc1Br. The Morgan fingerprint density at radius 3 is 2.79 bits per heavy atom. The first-order valence-corrected chi connectivity index (χ1v) is 5.68. The summed E-state index contributed by atoms with van der Waals surface area (Å²) in [6.07, 6.45) is 2.07. The summed E-state index contributed by atoms with van der Waals surface area (Å²) in [4.78, 5) is 0. The second-order valence-electron chi connectivity index (χ2n) is 3.24. The van der Waals surface area contributed by atoms with Crippen molar-refractivity contribution >= 4 is 15.9 Å². The van der Waals surface area contributed by atoms with Crippen LogP contribution in [-0.4, -0.2) is 13.1 Å². The second kappa shape index (κ2) is 6.14. The molecule has 0 radical (unpaired) electrons. The maximum Gasteiger partial charge on any atom is 0.124 e. The molecule has 14 heavy (non-hydrogen) atoms. The molecule has 1 nitrogen and oxygen atoms in total. The summed E-state index contributed by atoms with van der Waals surface area (Å²) in [6.45, 7) is 4.12. The third kappa shape index (κ3) is 3.76. The van der Waals surface area contributed by atoms with Gasteiger partial charge in [-0.05, 0) is 43.6 Å². The molecule has 0 atom stereocenters. The molecule has 0 amide bonds. The van der Waals surface area contributed by atoms with Gasteiger partial charge < -0.3 is 5.32 Å². The molecule has 3 heteroatoms. The van der Waals surface area contributed by atoms with Crippen LogP contribution in [0.3, 0.4) is 0 Å². The summed E-state index contributed by atoms with van der Waals surface area (Å²) < 4.78 is 13.6. The van der Waals surface area contributed by atoms with Crippen molar-refractivity contribution < 1.29 is 4.39 Å². The first kappa shape index (κ1) is 11.7. The number of hydrogen-bond acceptors (Lipinski definition) is 1. The molecule has 0 aliphatic rings. The summed E-state index contributed by atoms with van der Waals surface area (Å²) in [6, 6.07) is 4.84. The van der Waals surface area contributed by atoms with E-state index in [2.05, 4.69) is 28.2 Å². The number of benzene rings is 1. The first-order valence-electron chi connectivity index (χ1n) is 4.88. The summed E-state index contributed by atoms with van der Waals surface area (Å²) in [5.41, 5.74) is 1.15. The summed E-state index contributed by atoms with van der Waals surface area (Å²) >= 11 is 3.35. The Morgan fingerprint density at radius 2 is 2.14 bits per heavy atom. The fourth-order valence-corrected chi connectivity index (χ4v) is 1.80. The lowest BCUT2D eigenvalue weighted by molar-refractivity contribution is 0.624. The Bertz CT molecular complexity index is 289. The molecule has 0 aliphatic heterocycles. The van der Waals surface area contributed by atoms with Crippen molar-refractivity contribution in [2.24, 2.45) is 0 Å². The number of nitrogens with one attached hydrogen (secondary N) is 1. The van der Waals surface area contributed by atoms with Gasteiger partial charge in [-0.25, -0.2) is 4.39 Å². The highest BCUT2D eigenvalue weighted by Gasteiger charge is 2.00. The zero-order valence-corrected chi connectivity index (χ0v) is 9.90. The Balaban J connectivity index is 2.42. The molecule has 1 rings (SSSR count). The van der Waals surface area contributed by atoms with Gasteiger partial charge in [-0.15, -0.1) is 0 Å². The van der Waals surface area contributed by atoms with Gasteiger partial charge in [-0.2, -0.15) is 0 Å². The monoisotopic (exact) mass is 259 g/mol. The van der Waals surface area contributed by atoms with Crippen molar-refractivity contribution in [1.82, 2.24) is 5.32 Å². The molecule has 1 aromatic carbocycles. The van der Waals surface area contributed by atoms with E-state index in [1.54, 1.807) is 0 Å². The minimum absolute atomic E-state index is 0.192. The van der Waals surface area contributed by atoms with Gasteiger partial charge in [0.2, 0.25) is 0 Å². The maximum atomic E-state index is 12.7. The van der Waals surface area contributed by atoms with Gasteiger partial charge in [0.15, 0.2) is 0 Å². The van der Waals surface area contributed by atoms with Gasteiger partial charge in [0.25, 0.3) is 0 Å². The largest absolute Gasteiger partial charge is 0.316 e. The van der Waals surface area contributed by atoms with E-state index in [1.807, 2.05) is 6.07 Å². The van der Waals surface area contributed by atoms with Crippen LogP contribution < -0.4 is 5.32 Å². The van der Waals surface area contributed by atoms with Gasteiger partial charge in [0.05, 0.1) is 0 Å². The smallest absolute Gasteiger partial charge is 0.124 e. The van der Waals surface area contributed by atoms with Crippen molar-refractivity contribution in [2.45, 2.75) is 19.8 Å². The van der Waals surface area contributed by atoms with Gasteiger partial charge >= 0.3 is 0 Å². The molecular formula is C11H15BrFN. The highest BCUT2D eigenvalue weighted by molar-refractivity contribution is 9.10. The standard InChI is InChI=1S/C11H15BrFN/c1-2-6-14-7-5-9-3-4-10(13)8-11(9)12/h3-4,8,14H,2,5-7H2,1H3. The quantitative estimate of drug-likeness (QED) is 0.802. The molecule has 0 aromatic heterocycles. The van der Waals surface area contributed by atoms with Crippen molar-refractivity contribution in [1.29, 1.82) is 0 Å². The van der Waals surface area contributed by atoms with E-state index in [0.717, 1.165) is 36.0 Å². The van der Waals surface area contributed by atoms with Crippen LogP contribution in [0.2, 0.25) is 0 Å². The molecule has 0 fully saturated rings. The van der Waals surface area contributed by atoms with E-state index < -0.39 is 0 Å². The van der Waals surface area contributed by atoms with Crippen molar-refractivity contribution in [3.8, 4) is 0 Å². The predicted molar refractivity (Wildman–Crippen MR) is 61.0 cm³/mol. The zero-order valence-electron chi connectivity index (χ0n) is 8.32. The van der Waals surface area contributed by atoms with Crippen molar-refractivity contribution in [2.75, 3.05) is 13.1 Å². The Hall–Kier alpha value is -0.410. The van der Waals surface area contributed by atoms with Crippen molar-refractivity contribution in [3.63, 3.8) is 0 Å².